The van der Waals surface area contributed by atoms with Crippen LogP contribution in [0.15, 0.2) is 60.7 Å². The number of unbranched alkanes of at least 4 members (excludes halogenated alkanes) is 2. The predicted molar refractivity (Wildman–Crippen MR) is 141 cm³/mol. The summed E-state index contributed by atoms with van der Waals surface area (Å²) in [5.41, 5.74) is 7.35. The highest BCUT2D eigenvalue weighted by Gasteiger charge is 2.12. The van der Waals surface area contributed by atoms with Crippen LogP contribution >= 0.6 is 22.7 Å². The molecule has 0 aliphatic rings. The number of hydrogen-bond acceptors (Lipinski definition) is 4. The Labute approximate surface area is 198 Å². The van der Waals surface area contributed by atoms with Gasteiger partial charge >= 0.3 is 0 Å². The van der Waals surface area contributed by atoms with Gasteiger partial charge < -0.3 is 0 Å². The SMILES string of the molecule is CCCCc1ccc(-c2nc3cc4sc(-c5ccc(CCCC)cc5)nc4cc3s2)cc1. The summed E-state index contributed by atoms with van der Waals surface area (Å²) in [4.78, 5) is 9.89. The van der Waals surface area contributed by atoms with E-state index in [4.69, 9.17) is 9.97 Å². The molecule has 0 aliphatic carbocycles. The number of thiazole rings is 2. The van der Waals surface area contributed by atoms with E-state index >= 15 is 0 Å². The van der Waals surface area contributed by atoms with E-state index in [9.17, 15) is 0 Å². The van der Waals surface area contributed by atoms with Crippen LogP contribution in [0.1, 0.15) is 50.7 Å². The summed E-state index contributed by atoms with van der Waals surface area (Å²) in [6.07, 6.45) is 7.27. The van der Waals surface area contributed by atoms with Gasteiger partial charge in [-0.05, 0) is 48.9 Å². The number of aryl methyl sites for hydroxylation is 2. The van der Waals surface area contributed by atoms with E-state index in [1.165, 1.54) is 57.3 Å². The van der Waals surface area contributed by atoms with Gasteiger partial charge in [-0.3, -0.25) is 0 Å². The van der Waals surface area contributed by atoms with Crippen LogP contribution in [0, 0.1) is 0 Å². The number of rotatable bonds is 8. The van der Waals surface area contributed by atoms with E-state index in [1.54, 1.807) is 22.7 Å². The third kappa shape index (κ3) is 4.48. The molecule has 0 fully saturated rings. The molecule has 0 radical (unpaired) electrons. The molecular formula is C28H28N2S2. The number of benzene rings is 3. The summed E-state index contributed by atoms with van der Waals surface area (Å²) in [6, 6.07) is 22.3. The van der Waals surface area contributed by atoms with E-state index in [0.29, 0.717) is 0 Å². The topological polar surface area (TPSA) is 25.8 Å². The van der Waals surface area contributed by atoms with Gasteiger partial charge in [0, 0.05) is 11.1 Å². The normalized spacial score (nSPS) is 11.6. The van der Waals surface area contributed by atoms with Crippen molar-refractivity contribution in [2.24, 2.45) is 0 Å². The molecule has 5 aromatic rings. The van der Waals surface area contributed by atoms with Crippen molar-refractivity contribution in [3.63, 3.8) is 0 Å². The van der Waals surface area contributed by atoms with Gasteiger partial charge in [-0.1, -0.05) is 75.2 Å². The fourth-order valence-corrected chi connectivity index (χ4v) is 5.96. The van der Waals surface area contributed by atoms with Gasteiger partial charge in [-0.15, -0.1) is 22.7 Å². The van der Waals surface area contributed by atoms with Gasteiger partial charge in [0.2, 0.25) is 0 Å². The third-order valence-corrected chi connectivity index (χ3v) is 8.07. The average Bonchev–Trinajstić information content (AvgIpc) is 3.43. The minimum atomic E-state index is 1.07. The van der Waals surface area contributed by atoms with Crippen LogP contribution in [0.3, 0.4) is 0 Å². The Balaban J connectivity index is 1.41. The van der Waals surface area contributed by atoms with Crippen molar-refractivity contribution in [2.75, 3.05) is 0 Å². The van der Waals surface area contributed by atoms with Gasteiger partial charge in [0.25, 0.3) is 0 Å². The van der Waals surface area contributed by atoms with Crippen LogP contribution in [0.2, 0.25) is 0 Å². The molecule has 2 nitrogen and oxygen atoms in total. The van der Waals surface area contributed by atoms with Gasteiger partial charge in [-0.2, -0.15) is 0 Å². The second-order valence-corrected chi connectivity index (χ2v) is 10.5. The molecule has 0 amide bonds. The Morgan fingerprint density at radius 3 is 1.38 bits per heavy atom. The zero-order valence-electron chi connectivity index (χ0n) is 18.7. The number of hydrogen-bond donors (Lipinski definition) is 0. The summed E-state index contributed by atoms with van der Waals surface area (Å²) in [7, 11) is 0. The van der Waals surface area contributed by atoms with Crippen molar-refractivity contribution in [2.45, 2.75) is 52.4 Å². The zero-order valence-corrected chi connectivity index (χ0v) is 20.4. The first kappa shape index (κ1) is 21.3. The first-order valence-corrected chi connectivity index (χ1v) is 13.3. The predicted octanol–water partition coefficient (Wildman–Crippen LogP) is 8.93. The Morgan fingerprint density at radius 2 is 1.00 bits per heavy atom. The van der Waals surface area contributed by atoms with E-state index in [-0.39, 0.29) is 0 Å². The van der Waals surface area contributed by atoms with Crippen LogP contribution in [0.5, 0.6) is 0 Å². The maximum atomic E-state index is 4.94. The largest absolute Gasteiger partial charge is 0.236 e. The Kier molecular flexibility index (Phi) is 6.33. The molecular weight excluding hydrogens is 428 g/mol. The van der Waals surface area contributed by atoms with Crippen molar-refractivity contribution >= 4 is 43.1 Å². The smallest absolute Gasteiger partial charge is 0.124 e. The molecule has 0 spiro atoms. The lowest BCUT2D eigenvalue weighted by atomic mass is 10.1. The molecule has 32 heavy (non-hydrogen) atoms. The fourth-order valence-electron chi connectivity index (χ4n) is 3.99. The first-order valence-electron chi connectivity index (χ1n) is 11.6. The van der Waals surface area contributed by atoms with E-state index in [0.717, 1.165) is 33.9 Å². The van der Waals surface area contributed by atoms with Gasteiger partial charge in [0.1, 0.15) is 10.0 Å². The van der Waals surface area contributed by atoms with Crippen LogP contribution < -0.4 is 0 Å². The van der Waals surface area contributed by atoms with Crippen LogP contribution in [-0.2, 0) is 12.8 Å². The molecule has 0 atom stereocenters. The van der Waals surface area contributed by atoms with Crippen molar-refractivity contribution in [3.8, 4) is 21.1 Å². The number of aromatic nitrogens is 2. The molecule has 0 saturated carbocycles. The molecule has 0 aliphatic heterocycles. The lowest BCUT2D eigenvalue weighted by Gasteiger charge is -2.01. The van der Waals surface area contributed by atoms with E-state index in [2.05, 4.69) is 74.5 Å². The summed E-state index contributed by atoms with van der Waals surface area (Å²) < 4.78 is 2.41. The lowest BCUT2D eigenvalue weighted by Crippen LogP contribution is -1.84. The minimum absolute atomic E-state index is 1.07. The number of nitrogens with zero attached hydrogens (tertiary/aromatic N) is 2. The van der Waals surface area contributed by atoms with E-state index in [1.807, 2.05) is 0 Å². The summed E-state index contributed by atoms with van der Waals surface area (Å²) >= 11 is 3.51. The summed E-state index contributed by atoms with van der Waals surface area (Å²) in [5, 5.41) is 2.17. The molecule has 162 valence electrons. The summed E-state index contributed by atoms with van der Waals surface area (Å²) in [6.45, 7) is 4.48. The molecule has 3 aromatic carbocycles. The molecule has 0 saturated heterocycles. The number of fused-ring (bicyclic) bond motifs is 2. The van der Waals surface area contributed by atoms with Crippen molar-refractivity contribution in [3.05, 3.63) is 71.8 Å². The average molecular weight is 457 g/mol. The van der Waals surface area contributed by atoms with Gasteiger partial charge in [-0.25, -0.2) is 9.97 Å². The summed E-state index contributed by atoms with van der Waals surface area (Å²) in [5.74, 6) is 0. The standard InChI is InChI=1S/C28H28N2S2/c1-3-5-7-19-9-13-21(14-10-19)27-29-23-17-26-24(18-25(23)31-27)30-28(32-26)22-15-11-20(12-16-22)8-6-4-2/h9-18H,3-8H2,1-2H3. The second kappa shape index (κ2) is 9.51. The molecule has 2 aromatic heterocycles. The quantitative estimate of drug-likeness (QED) is 0.233. The van der Waals surface area contributed by atoms with Crippen LogP contribution in [0.25, 0.3) is 41.6 Å². The zero-order chi connectivity index (χ0) is 21.9. The van der Waals surface area contributed by atoms with E-state index < -0.39 is 0 Å². The molecule has 0 unspecified atom stereocenters. The Hall–Kier alpha value is -2.56. The lowest BCUT2D eigenvalue weighted by molar-refractivity contribution is 0.795. The minimum Gasteiger partial charge on any atom is -0.236 e. The molecule has 4 heteroatoms. The highest BCUT2D eigenvalue weighted by Crippen LogP contribution is 2.37. The molecule has 2 heterocycles. The van der Waals surface area contributed by atoms with Gasteiger partial charge in [0.05, 0.1) is 20.4 Å². The van der Waals surface area contributed by atoms with Crippen LogP contribution in [0.4, 0.5) is 0 Å². The molecule has 0 N–H and O–H groups in total. The van der Waals surface area contributed by atoms with Crippen molar-refractivity contribution in [1.82, 2.24) is 9.97 Å². The van der Waals surface area contributed by atoms with Crippen LogP contribution in [-0.4, -0.2) is 9.97 Å². The molecule has 5 rings (SSSR count). The van der Waals surface area contributed by atoms with Crippen molar-refractivity contribution < 1.29 is 0 Å². The highest BCUT2D eigenvalue weighted by atomic mass is 32.1. The second-order valence-electron chi connectivity index (χ2n) is 8.43. The first-order chi connectivity index (χ1) is 15.7. The fraction of sp³-hybridized carbons (Fsp3) is 0.286. The monoisotopic (exact) mass is 456 g/mol. The molecule has 0 bridgehead atoms. The third-order valence-electron chi connectivity index (χ3n) is 5.94. The Morgan fingerprint density at radius 1 is 0.594 bits per heavy atom. The maximum Gasteiger partial charge on any atom is 0.124 e. The highest BCUT2D eigenvalue weighted by molar-refractivity contribution is 7.23. The maximum absolute atomic E-state index is 4.94. The van der Waals surface area contributed by atoms with Gasteiger partial charge in [0.15, 0.2) is 0 Å². The Bertz CT molecular complexity index is 1180. The van der Waals surface area contributed by atoms with Crippen molar-refractivity contribution in [1.29, 1.82) is 0 Å².